The van der Waals surface area contributed by atoms with Crippen LogP contribution in [0.1, 0.15) is 12.0 Å². The second-order valence-electron chi connectivity index (χ2n) is 4.82. The average Bonchev–Trinajstić information content (AvgIpc) is 2.40. The van der Waals surface area contributed by atoms with Gasteiger partial charge in [0.15, 0.2) is 0 Å². The maximum atomic E-state index is 5.02. The summed E-state index contributed by atoms with van der Waals surface area (Å²) in [6, 6.07) is 8.78. The van der Waals surface area contributed by atoms with Crippen molar-refractivity contribution in [1.29, 1.82) is 0 Å². The maximum absolute atomic E-state index is 5.02. The number of hydrogen-bond donors (Lipinski definition) is 1. The molecule has 0 saturated carbocycles. The minimum Gasteiger partial charge on any atom is -0.383 e. The van der Waals surface area contributed by atoms with Crippen LogP contribution in [0.25, 0.3) is 0 Å². The van der Waals surface area contributed by atoms with Crippen molar-refractivity contribution in [3.8, 4) is 0 Å². The molecule has 0 aliphatic heterocycles. The number of benzene rings is 1. The van der Waals surface area contributed by atoms with E-state index in [0.717, 1.165) is 26.2 Å². The first kappa shape index (κ1) is 16.5. The molecule has 0 unspecified atom stereocenters. The summed E-state index contributed by atoms with van der Waals surface area (Å²) in [5, 5.41) is 3.37. The molecule has 0 saturated heterocycles. The number of ether oxygens (including phenoxy) is 1. The normalized spacial score (nSPS) is 11.2. The largest absolute Gasteiger partial charge is 0.383 e. The Hall–Kier alpha value is -0.550. The molecule has 0 aromatic heterocycles. The van der Waals surface area contributed by atoms with Gasteiger partial charge in [-0.05, 0) is 50.5 Å². The molecule has 1 aromatic rings. The Morgan fingerprint density at radius 3 is 2.89 bits per heavy atom. The van der Waals surface area contributed by atoms with E-state index >= 15 is 0 Å². The van der Waals surface area contributed by atoms with Gasteiger partial charge in [-0.25, -0.2) is 0 Å². The van der Waals surface area contributed by atoms with Gasteiger partial charge in [-0.1, -0.05) is 12.1 Å². The summed E-state index contributed by atoms with van der Waals surface area (Å²) < 4.78 is 5.02. The third kappa shape index (κ3) is 8.26. The number of nitrogens with zero attached hydrogens (tertiary/aromatic N) is 1. The highest BCUT2D eigenvalue weighted by Crippen LogP contribution is 2.19. The Bertz CT molecular complexity index is 345. The predicted octanol–water partition coefficient (Wildman–Crippen LogP) is 2.47. The Morgan fingerprint density at radius 1 is 1.32 bits per heavy atom. The van der Waals surface area contributed by atoms with E-state index in [1.54, 1.807) is 7.11 Å². The van der Waals surface area contributed by atoms with E-state index in [1.165, 1.54) is 22.6 Å². The molecular formula is C15H26N2OS. The minimum absolute atomic E-state index is 0.763. The van der Waals surface area contributed by atoms with E-state index in [9.17, 15) is 0 Å². The summed E-state index contributed by atoms with van der Waals surface area (Å²) in [5.41, 5.74) is 1.34. The van der Waals surface area contributed by atoms with E-state index in [-0.39, 0.29) is 0 Å². The molecule has 0 heterocycles. The molecule has 0 spiro atoms. The minimum atomic E-state index is 0.763. The Labute approximate surface area is 121 Å². The summed E-state index contributed by atoms with van der Waals surface area (Å²) in [5.74, 6) is 1.18. The fourth-order valence-corrected chi connectivity index (χ4v) is 2.64. The third-order valence-corrected chi connectivity index (χ3v) is 3.81. The molecule has 0 radical (unpaired) electrons. The van der Waals surface area contributed by atoms with Crippen LogP contribution in [-0.2, 0) is 11.3 Å². The van der Waals surface area contributed by atoms with Crippen LogP contribution in [0.5, 0.6) is 0 Å². The van der Waals surface area contributed by atoms with Gasteiger partial charge in [-0.3, -0.25) is 0 Å². The monoisotopic (exact) mass is 282 g/mol. The van der Waals surface area contributed by atoms with Crippen LogP contribution < -0.4 is 5.32 Å². The summed E-state index contributed by atoms with van der Waals surface area (Å²) in [4.78, 5) is 3.60. The quantitative estimate of drug-likeness (QED) is 0.526. The number of methoxy groups -OCH3 is 1. The van der Waals surface area contributed by atoms with E-state index in [4.69, 9.17) is 4.74 Å². The number of nitrogens with one attached hydrogen (secondary N) is 1. The first-order valence-electron chi connectivity index (χ1n) is 6.78. The summed E-state index contributed by atoms with van der Waals surface area (Å²) in [6.45, 7) is 3.73. The molecular weight excluding hydrogens is 256 g/mol. The lowest BCUT2D eigenvalue weighted by molar-refractivity contribution is 0.199. The van der Waals surface area contributed by atoms with Crippen LogP contribution in [0.4, 0.5) is 0 Å². The van der Waals surface area contributed by atoms with Gasteiger partial charge in [0.25, 0.3) is 0 Å². The molecule has 108 valence electrons. The van der Waals surface area contributed by atoms with Crippen LogP contribution in [0.3, 0.4) is 0 Å². The van der Waals surface area contributed by atoms with E-state index in [0.29, 0.717) is 0 Å². The second kappa shape index (κ2) is 10.3. The van der Waals surface area contributed by atoms with Crippen molar-refractivity contribution in [2.24, 2.45) is 0 Å². The molecule has 19 heavy (non-hydrogen) atoms. The van der Waals surface area contributed by atoms with Crippen molar-refractivity contribution >= 4 is 11.8 Å². The van der Waals surface area contributed by atoms with Crippen molar-refractivity contribution in [2.75, 3.05) is 46.7 Å². The summed E-state index contributed by atoms with van der Waals surface area (Å²) in [6.07, 6.45) is 1.23. The molecule has 0 fully saturated rings. The van der Waals surface area contributed by atoms with Gasteiger partial charge in [0.1, 0.15) is 0 Å². The van der Waals surface area contributed by atoms with Gasteiger partial charge in [0, 0.05) is 25.1 Å². The lowest BCUT2D eigenvalue weighted by Gasteiger charge is -2.09. The van der Waals surface area contributed by atoms with Crippen LogP contribution in [0.15, 0.2) is 29.2 Å². The number of rotatable bonds is 10. The number of thioether (sulfide) groups is 1. The molecule has 0 amide bonds. The molecule has 0 aliphatic rings. The molecule has 0 atom stereocenters. The molecule has 4 heteroatoms. The standard InChI is InChI=1S/C15H26N2OS/c1-17(2)9-5-11-19-15-7-4-6-14(12-15)13-16-8-10-18-3/h4,6-7,12,16H,5,8-11,13H2,1-3H3. The first-order valence-corrected chi connectivity index (χ1v) is 7.77. The van der Waals surface area contributed by atoms with Crippen LogP contribution >= 0.6 is 11.8 Å². The van der Waals surface area contributed by atoms with Crippen molar-refractivity contribution in [3.05, 3.63) is 29.8 Å². The third-order valence-electron chi connectivity index (χ3n) is 2.73. The zero-order chi connectivity index (χ0) is 13.9. The molecule has 0 aliphatic carbocycles. The molecule has 1 aromatic carbocycles. The van der Waals surface area contributed by atoms with Crippen molar-refractivity contribution < 1.29 is 4.74 Å². The van der Waals surface area contributed by atoms with Gasteiger partial charge in [-0.2, -0.15) is 0 Å². The summed E-state index contributed by atoms with van der Waals surface area (Å²) >= 11 is 1.94. The van der Waals surface area contributed by atoms with E-state index < -0.39 is 0 Å². The predicted molar refractivity (Wildman–Crippen MR) is 83.9 cm³/mol. The molecule has 1 rings (SSSR count). The Kier molecular flexibility index (Phi) is 8.91. The second-order valence-corrected chi connectivity index (χ2v) is 5.99. The van der Waals surface area contributed by atoms with Gasteiger partial charge in [0.2, 0.25) is 0 Å². The zero-order valence-corrected chi connectivity index (χ0v) is 13.1. The smallest absolute Gasteiger partial charge is 0.0587 e. The lowest BCUT2D eigenvalue weighted by Crippen LogP contribution is -2.18. The van der Waals surface area contributed by atoms with Crippen molar-refractivity contribution in [2.45, 2.75) is 17.9 Å². The van der Waals surface area contributed by atoms with Crippen LogP contribution in [-0.4, -0.2) is 51.6 Å². The topological polar surface area (TPSA) is 24.5 Å². The van der Waals surface area contributed by atoms with Crippen molar-refractivity contribution in [3.63, 3.8) is 0 Å². The fourth-order valence-electron chi connectivity index (χ4n) is 1.72. The Morgan fingerprint density at radius 2 is 2.16 bits per heavy atom. The fraction of sp³-hybridized carbons (Fsp3) is 0.600. The van der Waals surface area contributed by atoms with Crippen molar-refractivity contribution in [1.82, 2.24) is 10.2 Å². The van der Waals surface area contributed by atoms with E-state index in [2.05, 4.69) is 48.6 Å². The van der Waals surface area contributed by atoms with Gasteiger partial charge < -0.3 is 15.0 Å². The maximum Gasteiger partial charge on any atom is 0.0587 e. The van der Waals surface area contributed by atoms with E-state index in [1.807, 2.05) is 11.8 Å². The molecule has 3 nitrogen and oxygen atoms in total. The molecule has 1 N–H and O–H groups in total. The lowest BCUT2D eigenvalue weighted by atomic mass is 10.2. The number of hydrogen-bond acceptors (Lipinski definition) is 4. The van der Waals surface area contributed by atoms with Crippen LogP contribution in [0, 0.1) is 0 Å². The van der Waals surface area contributed by atoms with Gasteiger partial charge >= 0.3 is 0 Å². The highest BCUT2D eigenvalue weighted by molar-refractivity contribution is 7.99. The average molecular weight is 282 g/mol. The highest BCUT2D eigenvalue weighted by atomic mass is 32.2. The molecule has 0 bridgehead atoms. The zero-order valence-electron chi connectivity index (χ0n) is 12.3. The highest BCUT2D eigenvalue weighted by Gasteiger charge is 1.98. The van der Waals surface area contributed by atoms with Gasteiger partial charge in [-0.15, -0.1) is 11.8 Å². The van der Waals surface area contributed by atoms with Gasteiger partial charge in [0.05, 0.1) is 6.61 Å². The SMILES string of the molecule is COCCNCc1cccc(SCCCN(C)C)c1. The first-order chi connectivity index (χ1) is 9.22. The van der Waals surface area contributed by atoms with Crippen LogP contribution in [0.2, 0.25) is 0 Å². The Balaban J connectivity index is 2.27. The summed E-state index contributed by atoms with van der Waals surface area (Å²) in [7, 11) is 5.97.